The first-order valence-electron chi connectivity index (χ1n) is 4.73. The van der Waals surface area contributed by atoms with Crippen molar-refractivity contribution in [2.45, 2.75) is 19.9 Å². The molecule has 3 nitrogen and oxygen atoms in total. The second kappa shape index (κ2) is 4.45. The normalized spacial score (nSPS) is 11.1. The van der Waals surface area contributed by atoms with Crippen LogP contribution >= 0.6 is 27.3 Å². The van der Waals surface area contributed by atoms with E-state index in [1.165, 1.54) is 11.3 Å². The topological polar surface area (TPSA) is 34.9 Å². The fourth-order valence-corrected chi connectivity index (χ4v) is 2.65. The first kappa shape index (κ1) is 10.8. The van der Waals surface area contributed by atoms with E-state index in [4.69, 9.17) is 0 Å². The molecule has 0 saturated carbocycles. The zero-order valence-corrected chi connectivity index (χ0v) is 10.8. The molecule has 0 aliphatic heterocycles. The Labute approximate surface area is 99.9 Å². The Morgan fingerprint density at radius 1 is 1.60 bits per heavy atom. The molecular formula is C10H11BrN2OS. The number of halogens is 1. The van der Waals surface area contributed by atoms with Crippen LogP contribution in [-0.2, 0) is 6.54 Å². The summed E-state index contributed by atoms with van der Waals surface area (Å²) in [6.45, 7) is 2.71. The van der Waals surface area contributed by atoms with Gasteiger partial charge in [-0.1, -0.05) is 15.9 Å². The molecule has 2 rings (SSSR count). The number of rotatable bonds is 3. The fraction of sp³-hybridized carbons (Fsp3) is 0.400. The largest absolute Gasteiger partial charge is 0.298 e. The first-order valence-corrected chi connectivity index (χ1v) is 6.73. The minimum Gasteiger partial charge on any atom is -0.298 e. The third-order valence-corrected chi connectivity index (χ3v) is 3.89. The van der Waals surface area contributed by atoms with Crippen LogP contribution in [0, 0.1) is 6.92 Å². The van der Waals surface area contributed by atoms with Gasteiger partial charge in [0.15, 0.2) is 0 Å². The highest BCUT2D eigenvalue weighted by Crippen LogP contribution is 2.19. The molecule has 0 aliphatic carbocycles. The van der Waals surface area contributed by atoms with Crippen LogP contribution in [0.1, 0.15) is 12.0 Å². The summed E-state index contributed by atoms with van der Waals surface area (Å²) in [4.78, 5) is 16.3. The molecule has 0 aliphatic rings. The molecule has 80 valence electrons. The van der Waals surface area contributed by atoms with Crippen LogP contribution in [0.2, 0.25) is 0 Å². The molecule has 15 heavy (non-hydrogen) atoms. The van der Waals surface area contributed by atoms with E-state index in [2.05, 4.69) is 20.9 Å². The Kier molecular flexibility index (Phi) is 3.21. The molecule has 0 unspecified atom stereocenters. The third kappa shape index (κ3) is 1.99. The van der Waals surface area contributed by atoms with Crippen molar-refractivity contribution in [1.82, 2.24) is 9.55 Å². The van der Waals surface area contributed by atoms with E-state index in [1.54, 1.807) is 10.9 Å². The predicted octanol–water partition coefficient (Wildman–Crippen LogP) is 2.55. The van der Waals surface area contributed by atoms with Gasteiger partial charge in [0.2, 0.25) is 0 Å². The van der Waals surface area contributed by atoms with E-state index in [0.29, 0.717) is 0 Å². The molecule has 2 heterocycles. The summed E-state index contributed by atoms with van der Waals surface area (Å²) in [5, 5.41) is 2.88. The van der Waals surface area contributed by atoms with Crippen LogP contribution < -0.4 is 5.56 Å². The van der Waals surface area contributed by atoms with Crippen LogP contribution in [0.15, 0.2) is 16.5 Å². The highest BCUT2D eigenvalue weighted by Gasteiger charge is 2.07. The van der Waals surface area contributed by atoms with Crippen LogP contribution in [-0.4, -0.2) is 14.9 Å². The SMILES string of the molecule is Cc1csc2c(=O)n(CCCBr)cnc12. The van der Waals surface area contributed by atoms with Gasteiger partial charge in [-0.3, -0.25) is 9.36 Å². The molecule has 0 bridgehead atoms. The van der Waals surface area contributed by atoms with Crippen LogP contribution in [0.5, 0.6) is 0 Å². The lowest BCUT2D eigenvalue weighted by molar-refractivity contribution is 0.654. The van der Waals surface area contributed by atoms with Crippen LogP contribution in [0.25, 0.3) is 10.2 Å². The number of aromatic nitrogens is 2. The zero-order chi connectivity index (χ0) is 10.8. The Bertz CT molecular complexity index is 532. The molecule has 0 atom stereocenters. The van der Waals surface area contributed by atoms with Gasteiger partial charge in [0.25, 0.3) is 5.56 Å². The first-order chi connectivity index (χ1) is 7.24. The smallest absolute Gasteiger partial charge is 0.271 e. The van der Waals surface area contributed by atoms with Crippen LogP contribution in [0.3, 0.4) is 0 Å². The Balaban J connectivity index is 2.51. The Morgan fingerprint density at radius 3 is 3.13 bits per heavy atom. The van der Waals surface area contributed by atoms with Gasteiger partial charge >= 0.3 is 0 Å². The standard InChI is InChI=1S/C10H11BrN2OS/c1-7-5-15-9-8(7)12-6-13(10(9)14)4-2-3-11/h5-6H,2-4H2,1H3. The maximum Gasteiger partial charge on any atom is 0.271 e. The Hall–Kier alpha value is -0.680. The minimum absolute atomic E-state index is 0.0825. The van der Waals surface area contributed by atoms with Gasteiger partial charge in [0.1, 0.15) is 4.70 Å². The Morgan fingerprint density at radius 2 is 2.40 bits per heavy atom. The average molecular weight is 287 g/mol. The van der Waals surface area contributed by atoms with E-state index in [0.717, 1.165) is 34.1 Å². The summed E-state index contributed by atoms with van der Waals surface area (Å²) >= 11 is 4.83. The van der Waals surface area contributed by atoms with Gasteiger partial charge in [-0.2, -0.15) is 0 Å². The van der Waals surface area contributed by atoms with Crippen molar-refractivity contribution in [2.75, 3.05) is 5.33 Å². The lowest BCUT2D eigenvalue weighted by Gasteiger charge is -2.02. The highest BCUT2D eigenvalue weighted by atomic mass is 79.9. The van der Waals surface area contributed by atoms with Crippen molar-refractivity contribution in [1.29, 1.82) is 0 Å². The molecule has 2 aromatic rings. The van der Waals surface area contributed by atoms with Gasteiger partial charge in [-0.25, -0.2) is 4.98 Å². The maximum atomic E-state index is 12.0. The number of nitrogens with zero attached hydrogens (tertiary/aromatic N) is 2. The quantitative estimate of drug-likeness (QED) is 0.813. The summed E-state index contributed by atoms with van der Waals surface area (Å²) in [6, 6.07) is 0. The summed E-state index contributed by atoms with van der Waals surface area (Å²) in [6.07, 6.45) is 2.59. The number of alkyl halides is 1. The molecule has 0 amide bonds. The maximum absolute atomic E-state index is 12.0. The molecule has 2 aromatic heterocycles. The lowest BCUT2D eigenvalue weighted by Crippen LogP contribution is -2.19. The van der Waals surface area contributed by atoms with E-state index in [1.807, 2.05) is 12.3 Å². The molecule has 0 saturated heterocycles. The monoisotopic (exact) mass is 286 g/mol. The molecule has 0 aromatic carbocycles. The number of aryl methyl sites for hydroxylation is 2. The number of hydrogen-bond donors (Lipinski definition) is 0. The fourth-order valence-electron chi connectivity index (χ4n) is 1.45. The highest BCUT2D eigenvalue weighted by molar-refractivity contribution is 9.09. The average Bonchev–Trinajstić information content (AvgIpc) is 2.61. The van der Waals surface area contributed by atoms with Gasteiger partial charge in [0.05, 0.1) is 11.8 Å². The van der Waals surface area contributed by atoms with Crippen molar-refractivity contribution >= 4 is 37.5 Å². The molecule has 0 N–H and O–H groups in total. The molecule has 0 fully saturated rings. The van der Waals surface area contributed by atoms with Crippen molar-refractivity contribution in [3.63, 3.8) is 0 Å². The van der Waals surface area contributed by atoms with Gasteiger partial charge in [0, 0.05) is 11.9 Å². The third-order valence-electron chi connectivity index (χ3n) is 2.26. The summed E-state index contributed by atoms with van der Waals surface area (Å²) in [5.41, 5.74) is 2.01. The second-order valence-electron chi connectivity index (χ2n) is 3.38. The molecule has 0 spiro atoms. The van der Waals surface area contributed by atoms with Gasteiger partial charge < -0.3 is 0 Å². The summed E-state index contributed by atoms with van der Waals surface area (Å²) in [5.74, 6) is 0. The van der Waals surface area contributed by atoms with E-state index in [9.17, 15) is 4.79 Å². The van der Waals surface area contributed by atoms with Crippen molar-refractivity contribution in [3.05, 3.63) is 27.6 Å². The predicted molar refractivity (Wildman–Crippen MR) is 67.0 cm³/mol. The lowest BCUT2D eigenvalue weighted by atomic mass is 10.3. The zero-order valence-electron chi connectivity index (χ0n) is 8.36. The van der Waals surface area contributed by atoms with E-state index < -0.39 is 0 Å². The second-order valence-corrected chi connectivity index (χ2v) is 5.05. The minimum atomic E-state index is 0.0825. The number of fused-ring (bicyclic) bond motifs is 1. The van der Waals surface area contributed by atoms with Crippen molar-refractivity contribution < 1.29 is 0 Å². The van der Waals surface area contributed by atoms with Gasteiger partial charge in [-0.15, -0.1) is 11.3 Å². The van der Waals surface area contributed by atoms with Gasteiger partial charge in [-0.05, 0) is 24.3 Å². The van der Waals surface area contributed by atoms with Crippen molar-refractivity contribution in [3.8, 4) is 0 Å². The number of thiophene rings is 1. The summed E-state index contributed by atoms with van der Waals surface area (Å²) in [7, 11) is 0. The summed E-state index contributed by atoms with van der Waals surface area (Å²) < 4.78 is 2.45. The molecule has 0 radical (unpaired) electrons. The molecular weight excluding hydrogens is 276 g/mol. The van der Waals surface area contributed by atoms with Crippen molar-refractivity contribution in [2.24, 2.45) is 0 Å². The van der Waals surface area contributed by atoms with E-state index in [-0.39, 0.29) is 5.56 Å². The number of hydrogen-bond acceptors (Lipinski definition) is 3. The van der Waals surface area contributed by atoms with E-state index >= 15 is 0 Å². The molecule has 5 heteroatoms. The van der Waals surface area contributed by atoms with Crippen LogP contribution in [0.4, 0.5) is 0 Å².